The molecule has 3 aromatic carbocycles. The number of sulfone groups is 1. The Morgan fingerprint density at radius 3 is 2.34 bits per heavy atom. The molecule has 5 aromatic rings. The highest BCUT2D eigenvalue weighted by Crippen LogP contribution is 2.33. The molecule has 174 valence electrons. The fourth-order valence-electron chi connectivity index (χ4n) is 4.03. The van der Waals surface area contributed by atoms with Crippen molar-refractivity contribution in [3.63, 3.8) is 0 Å². The highest BCUT2D eigenvalue weighted by Gasteiger charge is 2.18. The number of pyridine rings is 1. The number of halogens is 2. The second kappa shape index (κ2) is 8.96. The molecule has 0 N–H and O–H groups in total. The zero-order valence-electron chi connectivity index (χ0n) is 18.6. The molecule has 0 aliphatic carbocycles. The minimum atomic E-state index is -3.60. The van der Waals surface area contributed by atoms with Gasteiger partial charge in [0.1, 0.15) is 6.33 Å². The molecule has 0 unspecified atom stereocenters. The van der Waals surface area contributed by atoms with E-state index in [1.807, 2.05) is 25.1 Å². The van der Waals surface area contributed by atoms with Crippen LogP contribution >= 0.6 is 0 Å². The number of fused-ring (bicyclic) bond motifs is 1. The van der Waals surface area contributed by atoms with Gasteiger partial charge in [0.15, 0.2) is 21.5 Å². The smallest absolute Gasteiger partial charge is 0.184 e. The molecule has 0 bridgehead atoms. The van der Waals surface area contributed by atoms with Gasteiger partial charge in [0.25, 0.3) is 0 Å². The van der Waals surface area contributed by atoms with Crippen LogP contribution in [0.3, 0.4) is 0 Å². The molecular weight excluding hydrogens is 468 g/mol. The predicted octanol–water partition coefficient (Wildman–Crippen LogP) is 5.92. The van der Waals surface area contributed by atoms with Crippen molar-refractivity contribution in [1.82, 2.24) is 15.0 Å². The molecule has 5 rings (SSSR count). The Morgan fingerprint density at radius 1 is 0.800 bits per heavy atom. The van der Waals surface area contributed by atoms with Crippen LogP contribution < -0.4 is 0 Å². The van der Waals surface area contributed by atoms with Gasteiger partial charge in [-0.1, -0.05) is 30.3 Å². The molecule has 0 saturated carbocycles. The highest BCUT2D eigenvalue weighted by atomic mass is 32.2. The van der Waals surface area contributed by atoms with Gasteiger partial charge in [0, 0.05) is 23.3 Å². The summed E-state index contributed by atoms with van der Waals surface area (Å²) in [4.78, 5) is 12.6. The number of hydrogen-bond donors (Lipinski definition) is 0. The molecular formula is C27H19F2N3O2S. The largest absolute Gasteiger partial charge is 0.256 e. The molecule has 8 heteroatoms. The highest BCUT2D eigenvalue weighted by molar-refractivity contribution is 7.90. The third kappa shape index (κ3) is 4.52. The summed E-state index contributed by atoms with van der Waals surface area (Å²) in [6.45, 7) is 1.92. The summed E-state index contributed by atoms with van der Waals surface area (Å²) < 4.78 is 52.9. The fourth-order valence-corrected chi connectivity index (χ4v) is 5.34. The van der Waals surface area contributed by atoms with Crippen molar-refractivity contribution >= 4 is 20.6 Å². The van der Waals surface area contributed by atoms with E-state index in [0.717, 1.165) is 33.5 Å². The molecule has 0 amide bonds. The van der Waals surface area contributed by atoms with Crippen LogP contribution in [0.1, 0.15) is 11.3 Å². The van der Waals surface area contributed by atoms with Crippen LogP contribution in [0, 0.1) is 18.6 Å². The normalized spacial score (nSPS) is 11.6. The Kier molecular flexibility index (Phi) is 5.82. The van der Waals surface area contributed by atoms with Crippen LogP contribution in [0.5, 0.6) is 0 Å². The Balaban J connectivity index is 1.52. The number of hydrogen-bond acceptors (Lipinski definition) is 5. The van der Waals surface area contributed by atoms with E-state index < -0.39 is 21.5 Å². The lowest BCUT2D eigenvalue weighted by Crippen LogP contribution is -2.06. The average molecular weight is 488 g/mol. The van der Waals surface area contributed by atoms with Crippen molar-refractivity contribution in [1.29, 1.82) is 0 Å². The lowest BCUT2D eigenvalue weighted by Gasteiger charge is -2.12. The summed E-state index contributed by atoms with van der Waals surface area (Å²) in [6.07, 6.45) is 4.47. The van der Waals surface area contributed by atoms with Crippen LogP contribution in [0.4, 0.5) is 8.78 Å². The summed E-state index contributed by atoms with van der Waals surface area (Å²) >= 11 is 0. The zero-order valence-corrected chi connectivity index (χ0v) is 19.4. The molecule has 0 fully saturated rings. The third-order valence-corrected chi connectivity index (χ3v) is 7.46. The summed E-state index contributed by atoms with van der Waals surface area (Å²) in [6, 6.07) is 17.7. The first-order chi connectivity index (χ1) is 16.8. The molecule has 0 aliphatic heterocycles. The molecule has 0 radical (unpaired) electrons. The molecule has 2 aromatic heterocycles. The lowest BCUT2D eigenvalue weighted by atomic mass is 9.96. The van der Waals surface area contributed by atoms with Gasteiger partial charge in [0.05, 0.1) is 22.0 Å². The van der Waals surface area contributed by atoms with Crippen LogP contribution in [-0.2, 0) is 15.6 Å². The molecule has 5 nitrogen and oxygen atoms in total. The van der Waals surface area contributed by atoms with Crippen molar-refractivity contribution in [3.8, 4) is 22.4 Å². The second-order valence-corrected chi connectivity index (χ2v) is 10.2. The first-order valence-electron chi connectivity index (χ1n) is 10.7. The van der Waals surface area contributed by atoms with E-state index in [-0.39, 0.29) is 10.6 Å². The maximum Gasteiger partial charge on any atom is 0.184 e. The SMILES string of the molecule is Cc1cc(-c2ccc(F)c(F)c2)ccc1-c1nccc2cc(S(=O)(=O)Cc3ccncn3)ccc12. The Labute approximate surface area is 201 Å². The van der Waals surface area contributed by atoms with Crippen LogP contribution in [0.15, 0.2) is 90.3 Å². The van der Waals surface area contributed by atoms with Gasteiger partial charge >= 0.3 is 0 Å². The number of aryl methyl sites for hydroxylation is 1. The summed E-state index contributed by atoms with van der Waals surface area (Å²) in [5.74, 6) is -2.00. The summed E-state index contributed by atoms with van der Waals surface area (Å²) in [5.41, 5.74) is 4.21. The second-order valence-electron chi connectivity index (χ2n) is 8.16. The van der Waals surface area contributed by atoms with Crippen molar-refractivity contribution in [3.05, 3.63) is 108 Å². The minimum absolute atomic E-state index is 0.200. The molecule has 0 atom stereocenters. The van der Waals surface area contributed by atoms with Crippen LogP contribution in [0.2, 0.25) is 0 Å². The van der Waals surface area contributed by atoms with Crippen molar-refractivity contribution in [2.24, 2.45) is 0 Å². The fraction of sp³-hybridized carbons (Fsp3) is 0.0741. The number of benzene rings is 3. The van der Waals surface area contributed by atoms with E-state index in [0.29, 0.717) is 17.0 Å². The monoisotopic (exact) mass is 487 g/mol. The topological polar surface area (TPSA) is 72.8 Å². The number of nitrogens with zero attached hydrogens (tertiary/aromatic N) is 3. The van der Waals surface area contributed by atoms with Gasteiger partial charge in [-0.05, 0) is 65.4 Å². The first-order valence-corrected chi connectivity index (χ1v) is 12.4. The van der Waals surface area contributed by atoms with E-state index in [1.54, 1.807) is 36.5 Å². The average Bonchev–Trinajstić information content (AvgIpc) is 2.85. The van der Waals surface area contributed by atoms with E-state index in [1.165, 1.54) is 24.7 Å². The van der Waals surface area contributed by atoms with Gasteiger partial charge in [-0.25, -0.2) is 27.2 Å². The standard InChI is InChI=1S/C27H19F2N3O2S/c1-17-12-18(19-3-7-25(28)26(29)14-19)2-5-23(17)27-24-6-4-22(13-20(24)8-11-31-27)35(33,34)15-21-9-10-30-16-32-21/h2-14,16H,15H2,1H3. The maximum atomic E-state index is 13.7. The van der Waals surface area contributed by atoms with Gasteiger partial charge in [-0.15, -0.1) is 0 Å². The van der Waals surface area contributed by atoms with E-state index in [2.05, 4.69) is 15.0 Å². The third-order valence-electron chi connectivity index (χ3n) is 5.81. The van der Waals surface area contributed by atoms with Crippen molar-refractivity contribution < 1.29 is 17.2 Å². The molecule has 0 aliphatic rings. The van der Waals surface area contributed by atoms with Crippen LogP contribution in [0.25, 0.3) is 33.2 Å². The molecule has 2 heterocycles. The van der Waals surface area contributed by atoms with Gasteiger partial charge in [-0.2, -0.15) is 0 Å². The summed E-state index contributed by atoms with van der Waals surface area (Å²) in [5, 5.41) is 1.54. The number of rotatable bonds is 5. The molecule has 0 saturated heterocycles. The molecule has 35 heavy (non-hydrogen) atoms. The minimum Gasteiger partial charge on any atom is -0.256 e. The zero-order chi connectivity index (χ0) is 24.6. The van der Waals surface area contributed by atoms with E-state index in [9.17, 15) is 17.2 Å². The van der Waals surface area contributed by atoms with E-state index in [4.69, 9.17) is 0 Å². The van der Waals surface area contributed by atoms with Gasteiger partial charge in [0.2, 0.25) is 0 Å². The predicted molar refractivity (Wildman–Crippen MR) is 130 cm³/mol. The van der Waals surface area contributed by atoms with Gasteiger partial charge < -0.3 is 0 Å². The quantitative estimate of drug-likeness (QED) is 0.308. The molecule has 0 spiro atoms. The van der Waals surface area contributed by atoms with Crippen molar-refractivity contribution in [2.75, 3.05) is 0 Å². The Morgan fingerprint density at radius 2 is 1.60 bits per heavy atom. The first kappa shape index (κ1) is 22.7. The lowest BCUT2D eigenvalue weighted by molar-refractivity contribution is 0.509. The van der Waals surface area contributed by atoms with Crippen LogP contribution in [-0.4, -0.2) is 23.4 Å². The number of aromatic nitrogens is 3. The Bertz CT molecular complexity index is 1670. The Hall–Kier alpha value is -4.04. The maximum absolute atomic E-state index is 13.7. The van der Waals surface area contributed by atoms with E-state index >= 15 is 0 Å². The summed E-state index contributed by atoms with van der Waals surface area (Å²) in [7, 11) is -3.60. The van der Waals surface area contributed by atoms with Crippen molar-refractivity contribution in [2.45, 2.75) is 17.6 Å². The van der Waals surface area contributed by atoms with Gasteiger partial charge in [-0.3, -0.25) is 4.98 Å².